The molecule has 0 aliphatic carbocycles. The van der Waals surface area contributed by atoms with Gasteiger partial charge < -0.3 is 25.1 Å². The number of carbonyl (C=O) groups is 2. The van der Waals surface area contributed by atoms with Gasteiger partial charge in [-0.25, -0.2) is 0 Å². The van der Waals surface area contributed by atoms with E-state index in [4.69, 9.17) is 0 Å². The Balaban J connectivity index is 2.31. The lowest BCUT2D eigenvalue weighted by atomic mass is 9.98. The first-order valence-electron chi connectivity index (χ1n) is 2.88. The van der Waals surface area contributed by atoms with Crippen LogP contribution in [0.4, 0.5) is 0 Å². The molecule has 0 aromatic carbocycles. The minimum absolute atomic E-state index is 0.116. The van der Waals surface area contributed by atoms with E-state index in [0.717, 1.165) is 0 Å². The van der Waals surface area contributed by atoms with E-state index in [-0.39, 0.29) is 6.42 Å². The second-order valence-electron chi connectivity index (χ2n) is 2.28. The Labute approximate surface area is 56.7 Å². The fraction of sp³-hybridized carbons (Fsp3) is 0.600. The normalized spacial score (nSPS) is 30.8. The van der Waals surface area contributed by atoms with Crippen LogP contribution in [0.25, 0.3) is 0 Å². The molecular weight excluding hydrogens is 138 g/mol. The average Bonchev–Trinajstić information content (AvgIpc) is 1.56. The SMILES string of the molecule is O=C([O-])[C@@H]1C[C@H](C(=O)[O-])[NH2+]1. The first-order chi connectivity index (χ1) is 4.61. The van der Waals surface area contributed by atoms with Crippen molar-refractivity contribution in [2.45, 2.75) is 18.5 Å². The van der Waals surface area contributed by atoms with Gasteiger partial charge in [0.1, 0.15) is 12.1 Å². The molecular formula is C5H6NO4-. The molecule has 0 aromatic heterocycles. The molecule has 2 atom stereocenters. The number of carboxylic acid groups (broad SMARTS) is 2. The van der Waals surface area contributed by atoms with Crippen molar-refractivity contribution in [2.24, 2.45) is 0 Å². The van der Waals surface area contributed by atoms with Crippen LogP contribution in [0.15, 0.2) is 0 Å². The maximum atomic E-state index is 9.99. The highest BCUT2D eigenvalue weighted by atomic mass is 16.4. The van der Waals surface area contributed by atoms with Crippen molar-refractivity contribution in [2.75, 3.05) is 0 Å². The van der Waals surface area contributed by atoms with E-state index < -0.39 is 24.0 Å². The second kappa shape index (κ2) is 2.26. The molecule has 0 aromatic rings. The first kappa shape index (κ1) is 7.01. The number of carbonyl (C=O) groups excluding carboxylic acids is 2. The molecule has 1 heterocycles. The Kier molecular flexibility index (Phi) is 1.58. The number of rotatable bonds is 2. The third kappa shape index (κ3) is 1.08. The number of nitrogens with two attached hydrogens (primary N) is 1. The van der Waals surface area contributed by atoms with Gasteiger partial charge in [-0.2, -0.15) is 0 Å². The second-order valence-corrected chi connectivity index (χ2v) is 2.28. The molecule has 56 valence electrons. The summed E-state index contributed by atoms with van der Waals surface area (Å²) in [6.07, 6.45) is 0.116. The van der Waals surface area contributed by atoms with Crippen molar-refractivity contribution < 1.29 is 25.1 Å². The Morgan fingerprint density at radius 1 is 1.20 bits per heavy atom. The van der Waals surface area contributed by atoms with Crippen LogP contribution in [0.5, 0.6) is 0 Å². The molecule has 1 aliphatic heterocycles. The largest absolute Gasteiger partial charge is 0.544 e. The van der Waals surface area contributed by atoms with Gasteiger partial charge >= 0.3 is 0 Å². The maximum Gasteiger partial charge on any atom is 0.133 e. The molecule has 0 amide bonds. The van der Waals surface area contributed by atoms with Crippen LogP contribution in [0, 0.1) is 0 Å². The minimum atomic E-state index is -1.21. The number of hydrogen-bond acceptors (Lipinski definition) is 4. The Morgan fingerprint density at radius 2 is 1.50 bits per heavy atom. The van der Waals surface area contributed by atoms with E-state index >= 15 is 0 Å². The summed E-state index contributed by atoms with van der Waals surface area (Å²) in [6, 6.07) is -1.38. The zero-order valence-corrected chi connectivity index (χ0v) is 5.07. The quantitative estimate of drug-likeness (QED) is 0.420. The van der Waals surface area contributed by atoms with Crippen molar-refractivity contribution >= 4 is 11.9 Å². The number of aliphatic carboxylic acids is 2. The lowest BCUT2D eigenvalue weighted by Crippen LogP contribution is -3.08. The lowest BCUT2D eigenvalue weighted by Gasteiger charge is -2.33. The van der Waals surface area contributed by atoms with E-state index in [9.17, 15) is 19.8 Å². The average molecular weight is 144 g/mol. The monoisotopic (exact) mass is 144 g/mol. The summed E-state index contributed by atoms with van der Waals surface area (Å²) < 4.78 is 0. The molecule has 1 saturated heterocycles. The molecule has 5 nitrogen and oxygen atoms in total. The number of quaternary nitrogens is 1. The van der Waals surface area contributed by atoms with Gasteiger partial charge in [0.2, 0.25) is 0 Å². The predicted molar refractivity (Wildman–Crippen MR) is 24.1 cm³/mol. The molecule has 0 unspecified atom stereocenters. The van der Waals surface area contributed by atoms with E-state index in [1.54, 1.807) is 0 Å². The van der Waals surface area contributed by atoms with Crippen LogP contribution >= 0.6 is 0 Å². The van der Waals surface area contributed by atoms with Gasteiger partial charge in [-0.05, 0) is 0 Å². The Bertz CT molecular complexity index is 154. The highest BCUT2D eigenvalue weighted by Gasteiger charge is 2.34. The van der Waals surface area contributed by atoms with Gasteiger partial charge in [-0.1, -0.05) is 0 Å². The van der Waals surface area contributed by atoms with Crippen LogP contribution in [0.2, 0.25) is 0 Å². The van der Waals surface area contributed by atoms with Crippen LogP contribution in [0.3, 0.4) is 0 Å². The fourth-order valence-electron chi connectivity index (χ4n) is 0.865. The molecule has 5 heteroatoms. The van der Waals surface area contributed by atoms with Crippen LogP contribution < -0.4 is 15.5 Å². The van der Waals surface area contributed by atoms with Gasteiger partial charge in [0.25, 0.3) is 0 Å². The topological polar surface area (TPSA) is 96.9 Å². The third-order valence-corrected chi connectivity index (χ3v) is 1.58. The van der Waals surface area contributed by atoms with Gasteiger partial charge in [0, 0.05) is 0 Å². The molecule has 1 rings (SSSR count). The van der Waals surface area contributed by atoms with Crippen molar-refractivity contribution in [3.63, 3.8) is 0 Å². The van der Waals surface area contributed by atoms with Crippen LogP contribution in [-0.2, 0) is 9.59 Å². The number of hydrogen-bond donors (Lipinski definition) is 1. The van der Waals surface area contributed by atoms with Crippen molar-refractivity contribution in [1.82, 2.24) is 0 Å². The Morgan fingerprint density at radius 3 is 1.70 bits per heavy atom. The van der Waals surface area contributed by atoms with Crippen molar-refractivity contribution in [1.29, 1.82) is 0 Å². The Hall–Kier alpha value is -1.10. The van der Waals surface area contributed by atoms with Crippen LogP contribution in [-0.4, -0.2) is 24.0 Å². The predicted octanol–water partition coefficient (Wildman–Crippen LogP) is -4.81. The van der Waals surface area contributed by atoms with E-state index in [1.165, 1.54) is 5.32 Å². The molecule has 1 aliphatic rings. The summed E-state index contributed by atoms with van der Waals surface area (Å²) in [7, 11) is 0. The van der Waals surface area contributed by atoms with E-state index in [1.807, 2.05) is 0 Å². The summed E-state index contributed by atoms with van der Waals surface area (Å²) in [5.41, 5.74) is 0. The molecule has 0 spiro atoms. The van der Waals surface area contributed by atoms with Gasteiger partial charge in [0.05, 0.1) is 18.4 Å². The molecule has 2 N–H and O–H groups in total. The smallest absolute Gasteiger partial charge is 0.133 e. The molecule has 0 radical (unpaired) electrons. The van der Waals surface area contributed by atoms with E-state index in [0.29, 0.717) is 0 Å². The highest BCUT2D eigenvalue weighted by Crippen LogP contribution is 1.98. The first-order valence-corrected chi connectivity index (χ1v) is 2.88. The highest BCUT2D eigenvalue weighted by molar-refractivity contribution is 5.76. The molecule has 1 fully saturated rings. The summed E-state index contributed by atoms with van der Waals surface area (Å²) in [4.78, 5) is 20.0. The maximum absolute atomic E-state index is 9.99. The van der Waals surface area contributed by atoms with E-state index in [2.05, 4.69) is 0 Å². The molecule has 10 heavy (non-hydrogen) atoms. The lowest BCUT2D eigenvalue weighted by molar-refractivity contribution is -0.763. The van der Waals surface area contributed by atoms with Crippen molar-refractivity contribution in [3.8, 4) is 0 Å². The summed E-state index contributed by atoms with van der Waals surface area (Å²) in [5, 5.41) is 21.2. The zero-order chi connectivity index (χ0) is 7.72. The number of carboxylic acids is 2. The van der Waals surface area contributed by atoms with Crippen molar-refractivity contribution in [3.05, 3.63) is 0 Å². The third-order valence-electron chi connectivity index (χ3n) is 1.58. The summed E-state index contributed by atoms with van der Waals surface area (Å²) in [6.45, 7) is 0. The molecule has 0 saturated carbocycles. The standard InChI is InChI=1S/C5H7NO4/c7-4(8)2-1-3(6-2)5(9)10/h2-3,6H,1H2,(H,7,8)(H,9,10)/p-1/t2-,3+. The van der Waals surface area contributed by atoms with Gasteiger partial charge in [0.15, 0.2) is 0 Å². The van der Waals surface area contributed by atoms with Gasteiger partial charge in [-0.15, -0.1) is 0 Å². The van der Waals surface area contributed by atoms with Crippen LogP contribution in [0.1, 0.15) is 6.42 Å². The summed E-state index contributed by atoms with van der Waals surface area (Å²) >= 11 is 0. The molecule has 0 bridgehead atoms. The zero-order valence-electron chi connectivity index (χ0n) is 5.07. The fourth-order valence-corrected chi connectivity index (χ4v) is 0.865. The minimum Gasteiger partial charge on any atom is -0.544 e. The van der Waals surface area contributed by atoms with Gasteiger partial charge in [-0.3, -0.25) is 0 Å². The summed E-state index contributed by atoms with van der Waals surface area (Å²) in [5.74, 6) is -2.42.